The Labute approximate surface area is 151 Å². The van der Waals surface area contributed by atoms with Crippen molar-refractivity contribution in [3.05, 3.63) is 35.9 Å². The van der Waals surface area contributed by atoms with Gasteiger partial charge in [0.2, 0.25) is 5.91 Å². The van der Waals surface area contributed by atoms with Crippen LogP contribution in [-0.2, 0) is 25.5 Å². The van der Waals surface area contributed by atoms with Gasteiger partial charge < -0.3 is 15.0 Å². The van der Waals surface area contributed by atoms with E-state index in [-0.39, 0.29) is 18.9 Å². The molecule has 1 aromatic carbocycles. The van der Waals surface area contributed by atoms with Crippen molar-refractivity contribution >= 4 is 23.8 Å². The number of likely N-dealkylation sites (tertiary alicyclic amines) is 1. The molecule has 1 heterocycles. The number of ether oxygens (including phenoxy) is 1. The Morgan fingerprint density at radius 3 is 2.62 bits per heavy atom. The summed E-state index contributed by atoms with van der Waals surface area (Å²) in [6, 6.07) is 9.09. The van der Waals surface area contributed by atoms with Crippen LogP contribution in [0.25, 0.3) is 0 Å². The second-order valence-corrected chi connectivity index (χ2v) is 6.12. The predicted octanol–water partition coefficient (Wildman–Crippen LogP) is 0.465. The van der Waals surface area contributed by atoms with Gasteiger partial charge in [-0.15, -0.1) is 0 Å². The van der Waals surface area contributed by atoms with Crippen LogP contribution in [0, 0.1) is 5.92 Å². The smallest absolute Gasteiger partial charge is 0.321 e. The van der Waals surface area contributed by atoms with E-state index in [9.17, 15) is 19.2 Å². The lowest BCUT2D eigenvalue weighted by Crippen LogP contribution is -2.44. The summed E-state index contributed by atoms with van der Waals surface area (Å²) in [6.45, 7) is 2.17. The number of hydrogen-bond acceptors (Lipinski definition) is 5. The molecule has 140 valence electrons. The number of nitrogens with one attached hydrogen (secondary N) is 2. The molecule has 8 heteroatoms. The maximum Gasteiger partial charge on any atom is 0.321 e. The number of carbonyl (C=O) groups is 4. The van der Waals surface area contributed by atoms with Gasteiger partial charge in [-0.05, 0) is 18.9 Å². The van der Waals surface area contributed by atoms with Gasteiger partial charge >= 0.3 is 12.0 Å². The average Bonchev–Trinajstić information content (AvgIpc) is 3.01. The molecule has 0 spiro atoms. The number of esters is 1. The molecule has 0 saturated carbocycles. The van der Waals surface area contributed by atoms with Crippen LogP contribution < -0.4 is 10.6 Å². The Balaban J connectivity index is 1.82. The van der Waals surface area contributed by atoms with Gasteiger partial charge in [0.15, 0.2) is 6.10 Å². The quantitative estimate of drug-likeness (QED) is 0.717. The highest BCUT2D eigenvalue weighted by Crippen LogP contribution is 2.20. The molecule has 1 aliphatic heterocycles. The molecule has 0 radical (unpaired) electrons. The van der Waals surface area contributed by atoms with Crippen LogP contribution in [0.2, 0.25) is 0 Å². The third-order valence-electron chi connectivity index (χ3n) is 4.19. The molecule has 0 aliphatic carbocycles. The molecule has 1 aromatic rings. The Morgan fingerprint density at radius 1 is 1.27 bits per heavy atom. The summed E-state index contributed by atoms with van der Waals surface area (Å²) in [5.74, 6) is -2.04. The Hall–Kier alpha value is -2.90. The minimum Gasteiger partial charge on any atom is -0.452 e. The lowest BCUT2D eigenvalue weighted by Gasteiger charge is -2.17. The number of rotatable bonds is 6. The fourth-order valence-corrected chi connectivity index (χ4v) is 2.65. The van der Waals surface area contributed by atoms with Gasteiger partial charge in [0.1, 0.15) is 0 Å². The highest BCUT2D eigenvalue weighted by molar-refractivity contribution is 5.97. The molecule has 1 aliphatic rings. The van der Waals surface area contributed by atoms with Crippen molar-refractivity contribution in [2.24, 2.45) is 5.92 Å². The van der Waals surface area contributed by atoms with Crippen molar-refractivity contribution in [1.29, 1.82) is 0 Å². The number of nitrogens with zero attached hydrogens (tertiary/aromatic N) is 1. The molecule has 4 amide bonds. The first-order chi connectivity index (χ1) is 12.4. The van der Waals surface area contributed by atoms with Crippen LogP contribution >= 0.6 is 0 Å². The Morgan fingerprint density at radius 2 is 1.96 bits per heavy atom. The van der Waals surface area contributed by atoms with E-state index in [1.165, 1.54) is 14.0 Å². The fourth-order valence-electron chi connectivity index (χ4n) is 2.65. The normalized spacial score (nSPS) is 17.5. The maximum atomic E-state index is 12.2. The van der Waals surface area contributed by atoms with E-state index in [0.717, 1.165) is 5.56 Å². The van der Waals surface area contributed by atoms with Gasteiger partial charge in [0.05, 0.1) is 5.92 Å². The first kappa shape index (κ1) is 19.4. The average molecular weight is 361 g/mol. The SMILES string of the molecule is CNC(=O)NC(=O)[C@H](C)OC(=O)[C@H]1CC(=O)N(CCc2ccccc2)C1. The third-order valence-corrected chi connectivity index (χ3v) is 4.19. The van der Waals surface area contributed by atoms with Crippen molar-refractivity contribution in [2.75, 3.05) is 20.1 Å². The predicted molar refractivity (Wildman–Crippen MR) is 93.0 cm³/mol. The highest BCUT2D eigenvalue weighted by Gasteiger charge is 2.36. The highest BCUT2D eigenvalue weighted by atomic mass is 16.5. The summed E-state index contributed by atoms with van der Waals surface area (Å²) in [5, 5.41) is 4.27. The van der Waals surface area contributed by atoms with Crippen LogP contribution in [0.5, 0.6) is 0 Å². The van der Waals surface area contributed by atoms with Crippen molar-refractivity contribution in [1.82, 2.24) is 15.5 Å². The van der Waals surface area contributed by atoms with Gasteiger partial charge in [-0.2, -0.15) is 0 Å². The van der Waals surface area contributed by atoms with Crippen LogP contribution in [-0.4, -0.2) is 55.0 Å². The molecule has 8 nitrogen and oxygen atoms in total. The van der Waals surface area contributed by atoms with Crippen molar-refractivity contribution in [2.45, 2.75) is 25.9 Å². The molecule has 2 rings (SSSR count). The summed E-state index contributed by atoms with van der Waals surface area (Å²) < 4.78 is 5.09. The molecule has 0 unspecified atom stereocenters. The third kappa shape index (κ3) is 5.30. The summed E-state index contributed by atoms with van der Waals surface area (Å²) in [5.41, 5.74) is 1.12. The second kappa shape index (κ2) is 8.98. The molecule has 0 bridgehead atoms. The summed E-state index contributed by atoms with van der Waals surface area (Å²) in [7, 11) is 1.37. The molecule has 2 N–H and O–H groups in total. The summed E-state index contributed by atoms with van der Waals surface area (Å²) in [4.78, 5) is 48.8. The number of imide groups is 1. The summed E-state index contributed by atoms with van der Waals surface area (Å²) in [6.07, 6.45) is -0.343. The Bertz CT molecular complexity index is 677. The monoisotopic (exact) mass is 361 g/mol. The van der Waals surface area contributed by atoms with Gasteiger partial charge in [0, 0.05) is 26.6 Å². The molecule has 1 saturated heterocycles. The number of amides is 4. The first-order valence-electron chi connectivity index (χ1n) is 8.45. The molecular formula is C18H23N3O5. The molecule has 1 fully saturated rings. The van der Waals surface area contributed by atoms with Gasteiger partial charge in [0.25, 0.3) is 5.91 Å². The lowest BCUT2D eigenvalue weighted by atomic mass is 10.1. The van der Waals surface area contributed by atoms with Gasteiger partial charge in [-0.1, -0.05) is 30.3 Å². The molecule has 26 heavy (non-hydrogen) atoms. The number of carbonyl (C=O) groups excluding carboxylic acids is 4. The van der Waals surface area contributed by atoms with Gasteiger partial charge in [-0.25, -0.2) is 4.79 Å². The standard InChI is InChI=1S/C18H23N3O5/c1-12(16(23)20-18(25)19-2)26-17(24)14-10-15(22)21(11-14)9-8-13-6-4-3-5-7-13/h3-7,12,14H,8-11H2,1-2H3,(H2,19,20,23,25)/t12-,14-/m0/s1. The molecule has 0 aromatic heterocycles. The van der Waals surface area contributed by atoms with E-state index in [4.69, 9.17) is 4.74 Å². The number of hydrogen-bond donors (Lipinski definition) is 2. The zero-order valence-electron chi connectivity index (χ0n) is 14.9. The van der Waals surface area contributed by atoms with E-state index in [0.29, 0.717) is 13.0 Å². The van der Waals surface area contributed by atoms with Crippen LogP contribution in [0.1, 0.15) is 18.9 Å². The van der Waals surface area contributed by atoms with E-state index in [1.807, 2.05) is 35.6 Å². The Kier molecular flexibility index (Phi) is 6.71. The zero-order valence-corrected chi connectivity index (χ0v) is 14.9. The van der Waals surface area contributed by atoms with Crippen LogP contribution in [0.3, 0.4) is 0 Å². The number of urea groups is 1. The van der Waals surface area contributed by atoms with E-state index < -0.39 is 29.9 Å². The fraction of sp³-hybridized carbons (Fsp3) is 0.444. The van der Waals surface area contributed by atoms with Crippen LogP contribution in [0.4, 0.5) is 4.79 Å². The zero-order chi connectivity index (χ0) is 19.1. The first-order valence-corrected chi connectivity index (χ1v) is 8.45. The van der Waals surface area contributed by atoms with Crippen molar-refractivity contribution < 1.29 is 23.9 Å². The van der Waals surface area contributed by atoms with E-state index >= 15 is 0 Å². The largest absolute Gasteiger partial charge is 0.452 e. The molecule has 2 atom stereocenters. The van der Waals surface area contributed by atoms with E-state index in [1.54, 1.807) is 4.90 Å². The minimum absolute atomic E-state index is 0.0669. The van der Waals surface area contributed by atoms with Crippen molar-refractivity contribution in [3.63, 3.8) is 0 Å². The number of benzene rings is 1. The topological polar surface area (TPSA) is 105 Å². The van der Waals surface area contributed by atoms with Crippen molar-refractivity contribution in [3.8, 4) is 0 Å². The van der Waals surface area contributed by atoms with Crippen LogP contribution in [0.15, 0.2) is 30.3 Å². The molecular weight excluding hydrogens is 338 g/mol. The second-order valence-electron chi connectivity index (χ2n) is 6.12. The lowest BCUT2D eigenvalue weighted by molar-refractivity contribution is -0.158. The minimum atomic E-state index is -1.12. The maximum absolute atomic E-state index is 12.2. The van der Waals surface area contributed by atoms with E-state index in [2.05, 4.69) is 5.32 Å². The van der Waals surface area contributed by atoms with Gasteiger partial charge in [-0.3, -0.25) is 19.7 Å². The summed E-state index contributed by atoms with van der Waals surface area (Å²) >= 11 is 0.